The van der Waals surface area contributed by atoms with Crippen molar-refractivity contribution in [2.45, 2.75) is 52.6 Å². The van der Waals surface area contributed by atoms with Gasteiger partial charge >= 0.3 is 5.69 Å². The van der Waals surface area contributed by atoms with E-state index in [9.17, 15) is 4.79 Å². The average Bonchev–Trinajstić information content (AvgIpc) is 3.43. The summed E-state index contributed by atoms with van der Waals surface area (Å²) in [5.41, 5.74) is 5.28. The zero-order valence-electron chi connectivity index (χ0n) is 18.4. The number of hydrogen-bond acceptors (Lipinski definition) is 4. The van der Waals surface area contributed by atoms with Gasteiger partial charge in [-0.1, -0.05) is 56.3 Å². The Kier molecular flexibility index (Phi) is 5.84. The molecule has 1 unspecified atom stereocenters. The summed E-state index contributed by atoms with van der Waals surface area (Å²) >= 11 is 0. The number of nitrogens with zero attached hydrogens (tertiary/aromatic N) is 6. The molecule has 0 saturated carbocycles. The zero-order chi connectivity index (χ0) is 22.0. The number of imidazole rings is 1. The molecule has 2 aromatic heterocycles. The number of rotatable bonds is 7. The van der Waals surface area contributed by atoms with E-state index in [0.717, 1.165) is 34.5 Å². The van der Waals surface area contributed by atoms with Gasteiger partial charge in [0.15, 0.2) is 0 Å². The molecule has 0 aliphatic carbocycles. The normalized spacial score (nSPS) is 12.4. The Balaban J connectivity index is 1.66. The van der Waals surface area contributed by atoms with Gasteiger partial charge in [0.25, 0.3) is 0 Å². The molecule has 7 heteroatoms. The molecule has 2 aromatic carbocycles. The van der Waals surface area contributed by atoms with Crippen LogP contribution in [0.2, 0.25) is 0 Å². The van der Waals surface area contributed by atoms with Crippen LogP contribution in [0.25, 0.3) is 16.8 Å². The first kappa shape index (κ1) is 20.8. The van der Waals surface area contributed by atoms with E-state index < -0.39 is 0 Å². The monoisotopic (exact) mass is 416 g/mol. The van der Waals surface area contributed by atoms with Gasteiger partial charge in [0.2, 0.25) is 0 Å². The van der Waals surface area contributed by atoms with Crippen molar-refractivity contribution in [3.05, 3.63) is 82.8 Å². The van der Waals surface area contributed by atoms with Gasteiger partial charge in [-0.2, -0.15) is 4.68 Å². The van der Waals surface area contributed by atoms with Crippen molar-refractivity contribution in [1.29, 1.82) is 0 Å². The highest BCUT2D eigenvalue weighted by Gasteiger charge is 2.17. The minimum absolute atomic E-state index is 0.0541. The van der Waals surface area contributed by atoms with Gasteiger partial charge in [0.1, 0.15) is 6.33 Å². The van der Waals surface area contributed by atoms with Gasteiger partial charge < -0.3 is 0 Å². The first-order valence-corrected chi connectivity index (χ1v) is 10.7. The van der Waals surface area contributed by atoms with Crippen molar-refractivity contribution in [3.8, 4) is 16.8 Å². The summed E-state index contributed by atoms with van der Waals surface area (Å²) in [5, 5.41) is 11.5. The molecule has 0 fully saturated rings. The minimum Gasteiger partial charge on any atom is -0.296 e. The van der Waals surface area contributed by atoms with E-state index in [1.54, 1.807) is 11.0 Å². The van der Waals surface area contributed by atoms with Crippen molar-refractivity contribution in [1.82, 2.24) is 29.3 Å². The van der Waals surface area contributed by atoms with Crippen LogP contribution >= 0.6 is 0 Å². The van der Waals surface area contributed by atoms with Crippen LogP contribution in [0.4, 0.5) is 0 Å². The molecule has 0 radical (unpaired) electrons. The van der Waals surface area contributed by atoms with E-state index in [1.807, 2.05) is 47.4 Å². The molecule has 4 rings (SSSR count). The fourth-order valence-corrected chi connectivity index (χ4v) is 3.81. The molecule has 0 spiro atoms. The van der Waals surface area contributed by atoms with Gasteiger partial charge in [-0.05, 0) is 53.8 Å². The third kappa shape index (κ3) is 4.08. The molecular weight excluding hydrogens is 388 g/mol. The minimum atomic E-state index is 0.0541. The van der Waals surface area contributed by atoms with Crippen LogP contribution < -0.4 is 5.69 Å². The molecular formula is C24H28N6O. The predicted molar refractivity (Wildman–Crippen MR) is 121 cm³/mol. The maximum absolute atomic E-state index is 13.0. The standard InChI is InChI=1S/C24H28N6O/c1-5-18(4)23-15-28(17(2)3)24(31)29(23)14-19-10-12-20(13-11-19)21-8-6-7-9-22(21)30-16-25-26-27-30/h6-13,15-18H,5,14H2,1-4H3. The molecule has 2 heterocycles. The Bertz CT molecular complexity index is 1200. The van der Waals surface area contributed by atoms with Crippen molar-refractivity contribution in [3.63, 3.8) is 0 Å². The summed E-state index contributed by atoms with van der Waals surface area (Å²) in [7, 11) is 0. The van der Waals surface area contributed by atoms with Crippen molar-refractivity contribution < 1.29 is 0 Å². The summed E-state index contributed by atoms with van der Waals surface area (Å²) in [5.74, 6) is 0.329. The molecule has 0 bridgehead atoms. The largest absolute Gasteiger partial charge is 0.328 e. The SMILES string of the molecule is CCC(C)c1cn(C(C)C)c(=O)n1Cc1ccc(-c2ccccc2-n2cnnn2)cc1. The van der Waals surface area contributed by atoms with E-state index in [-0.39, 0.29) is 11.7 Å². The van der Waals surface area contributed by atoms with Crippen molar-refractivity contribution in [2.24, 2.45) is 0 Å². The Labute approximate surface area is 182 Å². The van der Waals surface area contributed by atoms with E-state index >= 15 is 0 Å². The lowest BCUT2D eigenvalue weighted by molar-refractivity contribution is 0.558. The maximum atomic E-state index is 13.0. The van der Waals surface area contributed by atoms with Crippen LogP contribution in [0.5, 0.6) is 0 Å². The maximum Gasteiger partial charge on any atom is 0.328 e. The Morgan fingerprint density at radius 1 is 1.00 bits per heavy atom. The fourth-order valence-electron chi connectivity index (χ4n) is 3.81. The molecule has 0 aliphatic rings. The highest BCUT2D eigenvalue weighted by atomic mass is 16.1. The molecule has 1 atom stereocenters. The lowest BCUT2D eigenvalue weighted by Gasteiger charge is -2.13. The molecule has 0 aliphatic heterocycles. The smallest absolute Gasteiger partial charge is 0.296 e. The fraction of sp³-hybridized carbons (Fsp3) is 0.333. The van der Waals surface area contributed by atoms with Crippen LogP contribution in [0.15, 0.2) is 65.8 Å². The number of hydrogen-bond donors (Lipinski definition) is 0. The molecule has 0 N–H and O–H groups in total. The summed E-state index contributed by atoms with van der Waals surface area (Å²) in [6, 6.07) is 16.5. The first-order valence-electron chi connectivity index (χ1n) is 10.7. The quantitative estimate of drug-likeness (QED) is 0.447. The van der Waals surface area contributed by atoms with E-state index in [2.05, 4.69) is 59.7 Å². The summed E-state index contributed by atoms with van der Waals surface area (Å²) in [6.07, 6.45) is 4.61. The second-order valence-corrected chi connectivity index (χ2v) is 8.20. The Morgan fingerprint density at radius 2 is 1.74 bits per heavy atom. The summed E-state index contributed by atoms with van der Waals surface area (Å²) < 4.78 is 5.41. The Morgan fingerprint density at radius 3 is 2.39 bits per heavy atom. The van der Waals surface area contributed by atoms with Gasteiger partial charge in [-0.15, -0.1) is 5.10 Å². The number of para-hydroxylation sites is 1. The predicted octanol–water partition coefficient (Wildman–Crippen LogP) is 4.44. The number of tetrazole rings is 1. The first-order chi connectivity index (χ1) is 15.0. The van der Waals surface area contributed by atoms with Crippen LogP contribution in [-0.4, -0.2) is 29.3 Å². The lowest BCUT2D eigenvalue weighted by atomic mass is 10.0. The van der Waals surface area contributed by atoms with Crippen LogP contribution in [-0.2, 0) is 6.54 Å². The molecule has 31 heavy (non-hydrogen) atoms. The van der Waals surface area contributed by atoms with Gasteiger partial charge in [0, 0.05) is 23.5 Å². The highest BCUT2D eigenvalue weighted by molar-refractivity contribution is 5.72. The lowest BCUT2D eigenvalue weighted by Crippen LogP contribution is -2.26. The summed E-state index contributed by atoms with van der Waals surface area (Å²) in [6.45, 7) is 8.98. The van der Waals surface area contributed by atoms with E-state index in [1.165, 1.54) is 0 Å². The molecule has 160 valence electrons. The third-order valence-electron chi connectivity index (χ3n) is 5.81. The zero-order valence-corrected chi connectivity index (χ0v) is 18.4. The Hall–Kier alpha value is -3.48. The summed E-state index contributed by atoms with van der Waals surface area (Å²) in [4.78, 5) is 13.0. The second kappa shape index (κ2) is 8.71. The topological polar surface area (TPSA) is 70.5 Å². The van der Waals surface area contributed by atoms with Crippen molar-refractivity contribution >= 4 is 0 Å². The van der Waals surface area contributed by atoms with Gasteiger partial charge in [0.05, 0.1) is 12.2 Å². The van der Waals surface area contributed by atoms with E-state index in [0.29, 0.717) is 12.5 Å². The van der Waals surface area contributed by atoms with E-state index in [4.69, 9.17) is 0 Å². The number of benzene rings is 2. The average molecular weight is 417 g/mol. The highest BCUT2D eigenvalue weighted by Crippen LogP contribution is 2.27. The third-order valence-corrected chi connectivity index (χ3v) is 5.81. The molecule has 7 nitrogen and oxygen atoms in total. The van der Waals surface area contributed by atoms with Crippen LogP contribution in [0, 0.1) is 0 Å². The molecule has 4 aromatic rings. The van der Waals surface area contributed by atoms with Gasteiger partial charge in [-0.25, -0.2) is 4.79 Å². The molecule has 0 saturated heterocycles. The van der Waals surface area contributed by atoms with Gasteiger partial charge in [-0.3, -0.25) is 9.13 Å². The van der Waals surface area contributed by atoms with Crippen LogP contribution in [0.1, 0.15) is 57.3 Å². The van der Waals surface area contributed by atoms with Crippen molar-refractivity contribution in [2.75, 3.05) is 0 Å². The number of aromatic nitrogens is 6. The van der Waals surface area contributed by atoms with Crippen LogP contribution in [0.3, 0.4) is 0 Å². The second-order valence-electron chi connectivity index (χ2n) is 8.20. The molecule has 0 amide bonds.